The third-order valence-corrected chi connectivity index (χ3v) is 4.60. The number of likely N-dealkylation sites (tertiary alicyclic amines) is 1. The Morgan fingerprint density at radius 3 is 2.28 bits per heavy atom. The third kappa shape index (κ3) is 4.77. The molecule has 1 saturated heterocycles. The predicted molar refractivity (Wildman–Crippen MR) is 91.7 cm³/mol. The highest BCUT2D eigenvalue weighted by Gasteiger charge is 2.32. The van der Waals surface area contributed by atoms with Gasteiger partial charge in [-0.15, -0.1) is 0 Å². The van der Waals surface area contributed by atoms with E-state index >= 15 is 0 Å². The van der Waals surface area contributed by atoms with E-state index in [1.165, 1.54) is 6.07 Å². The summed E-state index contributed by atoms with van der Waals surface area (Å²) in [7, 11) is 0. The number of nitrogens with zero attached hydrogens (tertiary/aromatic N) is 1. The van der Waals surface area contributed by atoms with E-state index in [1.54, 1.807) is 6.92 Å². The Morgan fingerprint density at radius 2 is 1.76 bits per heavy atom. The minimum atomic E-state index is -0.924. The van der Waals surface area contributed by atoms with Gasteiger partial charge >= 0.3 is 0 Å². The van der Waals surface area contributed by atoms with Crippen molar-refractivity contribution in [2.24, 2.45) is 11.3 Å². The average Bonchev–Trinajstić information content (AvgIpc) is 2.55. The zero-order valence-corrected chi connectivity index (χ0v) is 15.2. The molecule has 1 N–H and O–H groups in total. The average molecular weight is 352 g/mol. The van der Waals surface area contributed by atoms with Gasteiger partial charge in [-0.25, -0.2) is 8.78 Å². The van der Waals surface area contributed by atoms with Crippen LogP contribution >= 0.6 is 0 Å². The molecular formula is C19H26F2N2O2. The maximum absolute atomic E-state index is 13.3. The van der Waals surface area contributed by atoms with Crippen LogP contribution in [0, 0.1) is 23.0 Å². The highest BCUT2D eigenvalue weighted by atomic mass is 19.2. The van der Waals surface area contributed by atoms with E-state index in [9.17, 15) is 18.4 Å². The van der Waals surface area contributed by atoms with Gasteiger partial charge in [0.05, 0.1) is 6.04 Å². The first-order valence-electron chi connectivity index (χ1n) is 8.64. The van der Waals surface area contributed by atoms with Crippen molar-refractivity contribution in [1.29, 1.82) is 0 Å². The van der Waals surface area contributed by atoms with E-state index in [0.29, 0.717) is 31.5 Å². The Bertz CT molecular complexity index is 647. The van der Waals surface area contributed by atoms with Crippen LogP contribution in [0.15, 0.2) is 18.2 Å². The lowest BCUT2D eigenvalue weighted by atomic mass is 9.90. The van der Waals surface area contributed by atoms with Crippen molar-refractivity contribution in [3.8, 4) is 0 Å². The van der Waals surface area contributed by atoms with Crippen LogP contribution in [0.5, 0.6) is 0 Å². The van der Waals surface area contributed by atoms with E-state index in [0.717, 1.165) is 12.1 Å². The van der Waals surface area contributed by atoms with Crippen molar-refractivity contribution < 1.29 is 18.4 Å². The van der Waals surface area contributed by atoms with Gasteiger partial charge in [0.2, 0.25) is 11.8 Å². The maximum Gasteiger partial charge on any atom is 0.227 e. The van der Waals surface area contributed by atoms with E-state index in [-0.39, 0.29) is 17.7 Å². The predicted octanol–water partition coefficient (Wildman–Crippen LogP) is 3.43. The first kappa shape index (κ1) is 19.3. The number of amides is 2. The molecule has 1 aliphatic rings. The number of hydrogen-bond acceptors (Lipinski definition) is 2. The summed E-state index contributed by atoms with van der Waals surface area (Å²) in [6.45, 7) is 8.53. The number of piperidine rings is 1. The number of hydrogen-bond donors (Lipinski definition) is 1. The summed E-state index contributed by atoms with van der Waals surface area (Å²) in [6, 6.07) is 3.22. The third-order valence-electron chi connectivity index (χ3n) is 4.60. The van der Waals surface area contributed by atoms with Crippen molar-refractivity contribution in [2.45, 2.75) is 46.6 Å². The van der Waals surface area contributed by atoms with Crippen LogP contribution in [0.4, 0.5) is 8.78 Å². The summed E-state index contributed by atoms with van der Waals surface area (Å²) in [5, 5.41) is 2.86. The maximum atomic E-state index is 13.3. The van der Waals surface area contributed by atoms with Crippen LogP contribution in [0.3, 0.4) is 0 Å². The number of rotatable bonds is 3. The molecule has 0 aliphatic carbocycles. The Kier molecular flexibility index (Phi) is 5.80. The van der Waals surface area contributed by atoms with Crippen molar-refractivity contribution in [1.82, 2.24) is 10.2 Å². The van der Waals surface area contributed by atoms with Crippen LogP contribution in [-0.4, -0.2) is 29.8 Å². The Morgan fingerprint density at radius 1 is 1.16 bits per heavy atom. The van der Waals surface area contributed by atoms with E-state index < -0.39 is 23.1 Å². The van der Waals surface area contributed by atoms with Gasteiger partial charge in [-0.2, -0.15) is 0 Å². The van der Waals surface area contributed by atoms with Gasteiger partial charge in [0.1, 0.15) is 0 Å². The molecule has 4 nitrogen and oxygen atoms in total. The summed E-state index contributed by atoms with van der Waals surface area (Å²) in [5.74, 6) is -2.01. The standard InChI is InChI=1S/C19H26F2N2O2/c1-12(14-5-6-15(20)16(21)11-14)22-17(24)13-7-9-23(10-8-13)18(25)19(2,3)4/h5-6,11-13H,7-10H2,1-4H3,(H,22,24). The topological polar surface area (TPSA) is 49.4 Å². The Balaban J connectivity index is 1.90. The van der Waals surface area contributed by atoms with Gasteiger partial charge in [-0.05, 0) is 37.5 Å². The number of carbonyl (C=O) groups is 2. The van der Waals surface area contributed by atoms with Gasteiger partial charge in [0.25, 0.3) is 0 Å². The zero-order valence-electron chi connectivity index (χ0n) is 15.2. The second-order valence-corrected chi connectivity index (χ2v) is 7.72. The van der Waals surface area contributed by atoms with Crippen molar-refractivity contribution in [2.75, 3.05) is 13.1 Å². The van der Waals surface area contributed by atoms with E-state index in [1.807, 2.05) is 25.7 Å². The first-order chi connectivity index (χ1) is 11.6. The molecule has 0 saturated carbocycles. The summed E-state index contributed by atoms with van der Waals surface area (Å²) in [5.41, 5.74) is 0.101. The van der Waals surface area contributed by atoms with E-state index in [2.05, 4.69) is 5.32 Å². The van der Waals surface area contributed by atoms with Gasteiger partial charge in [-0.1, -0.05) is 26.8 Å². The molecule has 0 radical (unpaired) electrons. The Labute approximate surface area is 147 Å². The largest absolute Gasteiger partial charge is 0.349 e. The molecule has 1 unspecified atom stereocenters. The van der Waals surface area contributed by atoms with Crippen molar-refractivity contribution in [3.63, 3.8) is 0 Å². The lowest BCUT2D eigenvalue weighted by molar-refractivity contribution is -0.142. The van der Waals surface area contributed by atoms with Gasteiger partial charge < -0.3 is 10.2 Å². The summed E-state index contributed by atoms with van der Waals surface area (Å²) >= 11 is 0. The van der Waals surface area contributed by atoms with Crippen molar-refractivity contribution >= 4 is 11.8 Å². The Hall–Kier alpha value is -1.98. The first-order valence-corrected chi connectivity index (χ1v) is 8.64. The number of halogens is 2. The minimum absolute atomic E-state index is 0.0986. The molecule has 25 heavy (non-hydrogen) atoms. The molecule has 1 atom stereocenters. The lowest BCUT2D eigenvalue weighted by Gasteiger charge is -2.35. The second kappa shape index (κ2) is 7.50. The number of carbonyl (C=O) groups excluding carboxylic acids is 2. The smallest absolute Gasteiger partial charge is 0.227 e. The molecule has 1 aromatic carbocycles. The molecule has 0 aromatic heterocycles. The molecule has 0 bridgehead atoms. The lowest BCUT2D eigenvalue weighted by Crippen LogP contribution is -2.46. The van der Waals surface area contributed by atoms with Crippen LogP contribution in [0.2, 0.25) is 0 Å². The summed E-state index contributed by atoms with van der Waals surface area (Å²) < 4.78 is 26.3. The quantitative estimate of drug-likeness (QED) is 0.906. The van der Waals surface area contributed by atoms with Gasteiger partial charge in [-0.3, -0.25) is 9.59 Å². The highest BCUT2D eigenvalue weighted by molar-refractivity contribution is 5.82. The summed E-state index contributed by atoms with van der Waals surface area (Å²) in [6.07, 6.45) is 1.22. The SMILES string of the molecule is CC(NC(=O)C1CCN(C(=O)C(C)(C)C)CC1)c1ccc(F)c(F)c1. The fourth-order valence-corrected chi connectivity index (χ4v) is 3.02. The molecule has 1 aliphatic heterocycles. The molecule has 1 fully saturated rings. The van der Waals surface area contributed by atoms with Crippen LogP contribution < -0.4 is 5.32 Å². The molecule has 1 aromatic rings. The molecule has 2 amide bonds. The molecule has 0 spiro atoms. The number of nitrogens with one attached hydrogen (secondary N) is 1. The minimum Gasteiger partial charge on any atom is -0.349 e. The highest BCUT2D eigenvalue weighted by Crippen LogP contribution is 2.24. The zero-order chi connectivity index (χ0) is 18.8. The van der Waals surface area contributed by atoms with E-state index in [4.69, 9.17) is 0 Å². The fraction of sp³-hybridized carbons (Fsp3) is 0.579. The van der Waals surface area contributed by atoms with Gasteiger partial charge in [0, 0.05) is 24.4 Å². The fourth-order valence-electron chi connectivity index (χ4n) is 3.02. The van der Waals surface area contributed by atoms with Crippen LogP contribution in [0.25, 0.3) is 0 Å². The normalized spacial score (nSPS) is 17.3. The van der Waals surface area contributed by atoms with Crippen LogP contribution in [0.1, 0.15) is 52.1 Å². The second-order valence-electron chi connectivity index (χ2n) is 7.72. The van der Waals surface area contributed by atoms with Gasteiger partial charge in [0.15, 0.2) is 11.6 Å². The molecule has 6 heteroatoms. The molecule has 1 heterocycles. The molecule has 138 valence electrons. The monoisotopic (exact) mass is 352 g/mol. The molecular weight excluding hydrogens is 326 g/mol. The molecule has 2 rings (SSSR count). The summed E-state index contributed by atoms with van der Waals surface area (Å²) in [4.78, 5) is 26.5. The number of benzene rings is 1. The van der Waals surface area contributed by atoms with Crippen LogP contribution in [-0.2, 0) is 9.59 Å². The van der Waals surface area contributed by atoms with Crippen molar-refractivity contribution in [3.05, 3.63) is 35.4 Å².